The van der Waals surface area contributed by atoms with Gasteiger partial charge in [0, 0.05) is 19.6 Å². The summed E-state index contributed by atoms with van der Waals surface area (Å²) in [4.78, 5) is 14.4. The second-order valence-electron chi connectivity index (χ2n) is 5.11. The molecule has 1 fully saturated rings. The van der Waals surface area contributed by atoms with Crippen LogP contribution in [0.25, 0.3) is 0 Å². The SMILES string of the molecule is O=C(c1ccccc1F)N1CCNCC1c1ccccc1. The van der Waals surface area contributed by atoms with Crippen LogP contribution < -0.4 is 5.32 Å². The summed E-state index contributed by atoms with van der Waals surface area (Å²) in [5.74, 6) is -0.712. The average Bonchev–Trinajstić information content (AvgIpc) is 2.55. The maximum atomic E-state index is 13.9. The first-order valence-corrected chi connectivity index (χ1v) is 7.08. The summed E-state index contributed by atoms with van der Waals surface area (Å²) in [5.41, 5.74) is 1.20. The maximum Gasteiger partial charge on any atom is 0.257 e. The number of piperazine rings is 1. The fraction of sp³-hybridized carbons (Fsp3) is 0.235. The summed E-state index contributed by atoms with van der Waals surface area (Å²) in [6.45, 7) is 1.99. The monoisotopic (exact) mass is 284 g/mol. The largest absolute Gasteiger partial charge is 0.329 e. The highest BCUT2D eigenvalue weighted by molar-refractivity contribution is 5.94. The Morgan fingerprint density at radius 1 is 1.10 bits per heavy atom. The van der Waals surface area contributed by atoms with Crippen molar-refractivity contribution in [2.45, 2.75) is 6.04 Å². The van der Waals surface area contributed by atoms with Gasteiger partial charge in [-0.1, -0.05) is 42.5 Å². The molecule has 0 aliphatic carbocycles. The third kappa shape index (κ3) is 2.81. The summed E-state index contributed by atoms with van der Waals surface area (Å²) >= 11 is 0. The number of halogens is 1. The Hall–Kier alpha value is -2.20. The molecule has 108 valence electrons. The zero-order valence-corrected chi connectivity index (χ0v) is 11.6. The fourth-order valence-corrected chi connectivity index (χ4v) is 2.71. The van der Waals surface area contributed by atoms with Gasteiger partial charge >= 0.3 is 0 Å². The van der Waals surface area contributed by atoms with Crippen LogP contribution in [0.3, 0.4) is 0 Å². The van der Waals surface area contributed by atoms with Crippen molar-refractivity contribution in [3.05, 3.63) is 71.5 Å². The molecule has 1 N–H and O–H groups in total. The van der Waals surface area contributed by atoms with E-state index in [2.05, 4.69) is 5.32 Å². The van der Waals surface area contributed by atoms with Crippen LogP contribution in [0.1, 0.15) is 22.0 Å². The molecule has 1 unspecified atom stereocenters. The number of hydrogen-bond donors (Lipinski definition) is 1. The van der Waals surface area contributed by atoms with Crippen molar-refractivity contribution >= 4 is 5.91 Å². The van der Waals surface area contributed by atoms with E-state index in [0.717, 1.165) is 12.1 Å². The Morgan fingerprint density at radius 3 is 2.57 bits per heavy atom. The number of amides is 1. The molecule has 1 aliphatic heterocycles. The molecule has 0 radical (unpaired) electrons. The van der Waals surface area contributed by atoms with Gasteiger partial charge in [0.2, 0.25) is 0 Å². The van der Waals surface area contributed by atoms with E-state index in [9.17, 15) is 9.18 Å². The highest BCUT2D eigenvalue weighted by Gasteiger charge is 2.29. The van der Waals surface area contributed by atoms with E-state index in [1.54, 1.807) is 23.1 Å². The zero-order valence-electron chi connectivity index (χ0n) is 11.6. The Kier molecular flexibility index (Phi) is 3.97. The van der Waals surface area contributed by atoms with Crippen molar-refractivity contribution < 1.29 is 9.18 Å². The Balaban J connectivity index is 1.91. The minimum atomic E-state index is -0.465. The fourth-order valence-electron chi connectivity index (χ4n) is 2.71. The molecule has 0 aromatic heterocycles. The molecule has 21 heavy (non-hydrogen) atoms. The van der Waals surface area contributed by atoms with Crippen molar-refractivity contribution in [2.75, 3.05) is 19.6 Å². The summed E-state index contributed by atoms with van der Waals surface area (Å²) in [6.07, 6.45) is 0. The lowest BCUT2D eigenvalue weighted by molar-refractivity contribution is 0.0629. The number of nitrogens with zero attached hydrogens (tertiary/aromatic N) is 1. The Labute approximate surface area is 123 Å². The van der Waals surface area contributed by atoms with Crippen molar-refractivity contribution in [1.29, 1.82) is 0 Å². The van der Waals surface area contributed by atoms with E-state index >= 15 is 0 Å². The molecule has 1 heterocycles. The molecule has 3 rings (SSSR count). The van der Waals surface area contributed by atoms with Gasteiger partial charge in [0.05, 0.1) is 11.6 Å². The molecular formula is C17H17FN2O. The average molecular weight is 284 g/mol. The van der Waals surface area contributed by atoms with Crippen molar-refractivity contribution in [1.82, 2.24) is 10.2 Å². The van der Waals surface area contributed by atoms with Crippen LogP contribution in [0.2, 0.25) is 0 Å². The van der Waals surface area contributed by atoms with Gasteiger partial charge in [-0.3, -0.25) is 4.79 Å². The third-order valence-corrected chi connectivity index (χ3v) is 3.79. The van der Waals surface area contributed by atoms with Crippen molar-refractivity contribution in [2.24, 2.45) is 0 Å². The molecule has 1 amide bonds. The standard InChI is InChI=1S/C17H17FN2O/c18-15-9-5-4-8-14(15)17(21)20-11-10-19-12-16(20)13-6-2-1-3-7-13/h1-9,16,19H,10-12H2. The third-order valence-electron chi connectivity index (χ3n) is 3.79. The zero-order chi connectivity index (χ0) is 14.7. The van der Waals surface area contributed by atoms with Crippen LogP contribution in [-0.2, 0) is 0 Å². The first kappa shape index (κ1) is 13.8. The number of carbonyl (C=O) groups is 1. The van der Waals surface area contributed by atoms with Crippen molar-refractivity contribution in [3.8, 4) is 0 Å². The first-order chi connectivity index (χ1) is 10.3. The number of hydrogen-bond acceptors (Lipinski definition) is 2. The quantitative estimate of drug-likeness (QED) is 0.919. The molecule has 0 spiro atoms. The Bertz CT molecular complexity index is 630. The highest BCUT2D eigenvalue weighted by Crippen LogP contribution is 2.24. The number of rotatable bonds is 2. The number of nitrogens with one attached hydrogen (secondary N) is 1. The number of benzene rings is 2. The van der Waals surface area contributed by atoms with Gasteiger partial charge in [-0.25, -0.2) is 4.39 Å². The topological polar surface area (TPSA) is 32.3 Å². The Morgan fingerprint density at radius 2 is 1.81 bits per heavy atom. The normalized spacial score (nSPS) is 18.5. The molecule has 2 aromatic carbocycles. The smallest absolute Gasteiger partial charge is 0.257 e. The van der Waals surface area contributed by atoms with Gasteiger partial charge in [0.25, 0.3) is 5.91 Å². The summed E-state index contributed by atoms with van der Waals surface area (Å²) in [7, 11) is 0. The van der Waals surface area contributed by atoms with Gasteiger partial charge < -0.3 is 10.2 Å². The van der Waals surface area contributed by atoms with E-state index in [4.69, 9.17) is 0 Å². The summed E-state index contributed by atoms with van der Waals surface area (Å²) < 4.78 is 13.9. The van der Waals surface area contributed by atoms with Crippen LogP contribution in [0, 0.1) is 5.82 Å². The molecule has 2 aromatic rings. The van der Waals surface area contributed by atoms with E-state index in [-0.39, 0.29) is 17.5 Å². The predicted octanol–water partition coefficient (Wildman–Crippen LogP) is 2.61. The minimum absolute atomic E-state index is 0.0629. The first-order valence-electron chi connectivity index (χ1n) is 7.08. The highest BCUT2D eigenvalue weighted by atomic mass is 19.1. The molecule has 1 saturated heterocycles. The van der Waals surface area contributed by atoms with Gasteiger partial charge in [-0.05, 0) is 17.7 Å². The van der Waals surface area contributed by atoms with E-state index in [1.807, 2.05) is 30.3 Å². The minimum Gasteiger partial charge on any atom is -0.329 e. The van der Waals surface area contributed by atoms with Gasteiger partial charge in [-0.15, -0.1) is 0 Å². The van der Waals surface area contributed by atoms with Gasteiger partial charge in [0.15, 0.2) is 0 Å². The van der Waals surface area contributed by atoms with Gasteiger partial charge in [-0.2, -0.15) is 0 Å². The molecule has 0 bridgehead atoms. The molecule has 1 aliphatic rings. The van der Waals surface area contributed by atoms with Crippen LogP contribution in [0.5, 0.6) is 0 Å². The molecule has 4 heteroatoms. The van der Waals surface area contributed by atoms with E-state index < -0.39 is 5.82 Å². The maximum absolute atomic E-state index is 13.9. The molecule has 3 nitrogen and oxygen atoms in total. The van der Waals surface area contributed by atoms with Crippen LogP contribution in [-0.4, -0.2) is 30.4 Å². The van der Waals surface area contributed by atoms with Crippen LogP contribution in [0.15, 0.2) is 54.6 Å². The van der Waals surface area contributed by atoms with E-state index in [1.165, 1.54) is 6.07 Å². The molecule has 1 atom stereocenters. The second-order valence-corrected chi connectivity index (χ2v) is 5.11. The molecule has 0 saturated carbocycles. The lowest BCUT2D eigenvalue weighted by atomic mass is 10.0. The second kappa shape index (κ2) is 6.06. The lowest BCUT2D eigenvalue weighted by Gasteiger charge is -2.36. The van der Waals surface area contributed by atoms with E-state index in [0.29, 0.717) is 13.1 Å². The number of carbonyl (C=O) groups excluding carboxylic acids is 1. The van der Waals surface area contributed by atoms with Crippen LogP contribution in [0.4, 0.5) is 4.39 Å². The van der Waals surface area contributed by atoms with Crippen LogP contribution >= 0.6 is 0 Å². The summed E-state index contributed by atoms with van der Waals surface area (Å²) in [6, 6.07) is 15.9. The van der Waals surface area contributed by atoms with Crippen molar-refractivity contribution in [3.63, 3.8) is 0 Å². The summed E-state index contributed by atoms with van der Waals surface area (Å²) in [5, 5.41) is 3.30. The van der Waals surface area contributed by atoms with Gasteiger partial charge in [0.1, 0.15) is 5.82 Å². The predicted molar refractivity (Wildman–Crippen MR) is 79.5 cm³/mol. The lowest BCUT2D eigenvalue weighted by Crippen LogP contribution is -2.48. The molecular weight excluding hydrogens is 267 g/mol.